The van der Waals surface area contributed by atoms with Crippen LogP contribution in [-0.2, 0) is 6.42 Å². The third-order valence-corrected chi connectivity index (χ3v) is 4.35. The molecule has 16 heavy (non-hydrogen) atoms. The van der Waals surface area contributed by atoms with Crippen molar-refractivity contribution in [2.45, 2.75) is 38.6 Å². The summed E-state index contributed by atoms with van der Waals surface area (Å²) < 4.78 is 0. The SMILES string of the molecule is CC(=O)c1cnc(CC2CCCCN2C)s1. The van der Waals surface area contributed by atoms with Crippen LogP contribution < -0.4 is 0 Å². The number of nitrogens with zero attached hydrogens (tertiary/aromatic N) is 2. The van der Waals surface area contributed by atoms with Crippen LogP contribution in [0.4, 0.5) is 0 Å². The molecule has 3 nitrogen and oxygen atoms in total. The van der Waals surface area contributed by atoms with Gasteiger partial charge >= 0.3 is 0 Å². The van der Waals surface area contributed by atoms with Crippen molar-refractivity contribution in [3.05, 3.63) is 16.1 Å². The molecular formula is C12H18N2OS. The molecule has 1 unspecified atom stereocenters. The maximum atomic E-state index is 11.2. The van der Waals surface area contributed by atoms with E-state index in [1.807, 2.05) is 0 Å². The van der Waals surface area contributed by atoms with E-state index in [0.717, 1.165) is 16.3 Å². The number of thiazole rings is 1. The smallest absolute Gasteiger partial charge is 0.171 e. The minimum absolute atomic E-state index is 0.126. The number of carbonyl (C=O) groups excluding carboxylic acids is 1. The number of likely N-dealkylation sites (N-methyl/N-ethyl adjacent to an activating group) is 1. The maximum absolute atomic E-state index is 11.2. The van der Waals surface area contributed by atoms with Gasteiger partial charge in [-0.25, -0.2) is 4.98 Å². The van der Waals surface area contributed by atoms with Gasteiger partial charge < -0.3 is 4.90 Å². The summed E-state index contributed by atoms with van der Waals surface area (Å²) in [6.07, 6.45) is 6.59. The Balaban J connectivity index is 1.99. The topological polar surface area (TPSA) is 33.2 Å². The predicted octanol–water partition coefficient (Wildman–Crippen LogP) is 2.37. The zero-order valence-electron chi connectivity index (χ0n) is 9.90. The van der Waals surface area contributed by atoms with E-state index in [0.29, 0.717) is 6.04 Å². The number of hydrogen-bond acceptors (Lipinski definition) is 4. The summed E-state index contributed by atoms with van der Waals surface area (Å²) in [6.45, 7) is 2.79. The van der Waals surface area contributed by atoms with Crippen LogP contribution in [0.3, 0.4) is 0 Å². The van der Waals surface area contributed by atoms with Crippen LogP contribution in [-0.4, -0.2) is 35.3 Å². The molecule has 88 valence electrons. The summed E-state index contributed by atoms with van der Waals surface area (Å²) in [5.74, 6) is 0.126. The van der Waals surface area contributed by atoms with Crippen LogP contribution in [0.1, 0.15) is 40.9 Å². The summed E-state index contributed by atoms with van der Waals surface area (Å²) in [7, 11) is 2.18. The molecule has 0 spiro atoms. The van der Waals surface area contributed by atoms with Gasteiger partial charge in [-0.3, -0.25) is 4.79 Å². The fourth-order valence-corrected chi connectivity index (χ4v) is 3.06. The highest BCUT2D eigenvalue weighted by atomic mass is 32.1. The Hall–Kier alpha value is -0.740. The summed E-state index contributed by atoms with van der Waals surface area (Å²) in [5.41, 5.74) is 0. The van der Waals surface area contributed by atoms with Crippen LogP contribution in [0.5, 0.6) is 0 Å². The highest BCUT2D eigenvalue weighted by Gasteiger charge is 2.20. The van der Waals surface area contributed by atoms with E-state index in [-0.39, 0.29) is 5.78 Å². The molecule has 0 amide bonds. The first-order valence-corrected chi connectivity index (χ1v) is 6.64. The van der Waals surface area contributed by atoms with Gasteiger partial charge in [0.05, 0.1) is 9.88 Å². The second-order valence-corrected chi connectivity index (χ2v) is 5.62. The van der Waals surface area contributed by atoms with Gasteiger partial charge in [0.2, 0.25) is 0 Å². The molecule has 2 rings (SSSR count). The van der Waals surface area contributed by atoms with E-state index in [9.17, 15) is 4.79 Å². The lowest BCUT2D eigenvalue weighted by Gasteiger charge is -2.31. The van der Waals surface area contributed by atoms with E-state index in [1.165, 1.54) is 25.8 Å². The third kappa shape index (κ3) is 2.68. The lowest BCUT2D eigenvalue weighted by molar-refractivity contribution is 0.102. The lowest BCUT2D eigenvalue weighted by atomic mass is 10.0. The molecular weight excluding hydrogens is 220 g/mol. The molecule has 0 aliphatic carbocycles. The molecule has 2 heterocycles. The van der Waals surface area contributed by atoms with Crippen LogP contribution in [0.2, 0.25) is 0 Å². The molecule has 0 radical (unpaired) electrons. The molecule has 1 atom stereocenters. The van der Waals surface area contributed by atoms with Crippen LogP contribution in [0.25, 0.3) is 0 Å². The zero-order valence-corrected chi connectivity index (χ0v) is 10.7. The Morgan fingerprint density at radius 1 is 1.62 bits per heavy atom. The molecule has 0 bridgehead atoms. The Morgan fingerprint density at radius 3 is 3.06 bits per heavy atom. The Bertz CT molecular complexity index is 375. The average Bonchev–Trinajstić information content (AvgIpc) is 2.70. The van der Waals surface area contributed by atoms with Crippen molar-refractivity contribution in [1.29, 1.82) is 0 Å². The molecule has 1 fully saturated rings. The van der Waals surface area contributed by atoms with E-state index in [1.54, 1.807) is 24.5 Å². The Morgan fingerprint density at radius 2 is 2.44 bits per heavy atom. The molecule has 1 aromatic rings. The Labute approximate surface area is 100 Å². The monoisotopic (exact) mass is 238 g/mol. The molecule has 1 aliphatic rings. The van der Waals surface area contributed by atoms with E-state index in [2.05, 4.69) is 16.9 Å². The predicted molar refractivity (Wildman–Crippen MR) is 66.1 cm³/mol. The van der Waals surface area contributed by atoms with Crippen molar-refractivity contribution in [2.75, 3.05) is 13.6 Å². The van der Waals surface area contributed by atoms with Gasteiger partial charge in [-0.05, 0) is 26.4 Å². The van der Waals surface area contributed by atoms with Gasteiger partial charge in [-0.1, -0.05) is 6.42 Å². The molecule has 0 N–H and O–H groups in total. The minimum Gasteiger partial charge on any atom is -0.303 e. The third-order valence-electron chi connectivity index (χ3n) is 3.23. The number of aromatic nitrogens is 1. The number of rotatable bonds is 3. The number of likely N-dealkylation sites (tertiary alicyclic amines) is 1. The molecule has 0 saturated carbocycles. The van der Waals surface area contributed by atoms with Crippen molar-refractivity contribution in [3.63, 3.8) is 0 Å². The van der Waals surface area contributed by atoms with Crippen molar-refractivity contribution in [1.82, 2.24) is 9.88 Å². The summed E-state index contributed by atoms with van der Waals surface area (Å²) in [6, 6.07) is 0.611. The number of piperidine rings is 1. The standard InChI is InChI=1S/C12H18N2OS/c1-9(15)11-8-13-12(16-11)7-10-5-3-4-6-14(10)2/h8,10H,3-7H2,1-2H3. The second-order valence-electron chi connectivity index (χ2n) is 4.51. The molecule has 1 saturated heterocycles. The van der Waals surface area contributed by atoms with Crippen LogP contribution >= 0.6 is 11.3 Å². The van der Waals surface area contributed by atoms with Crippen molar-refractivity contribution >= 4 is 17.1 Å². The summed E-state index contributed by atoms with van der Waals surface area (Å²) in [5, 5.41) is 1.10. The first-order valence-electron chi connectivity index (χ1n) is 5.82. The number of Topliss-reactive ketones (excluding diaryl/α,β-unsaturated/α-hetero) is 1. The number of carbonyl (C=O) groups is 1. The quantitative estimate of drug-likeness (QED) is 0.758. The largest absolute Gasteiger partial charge is 0.303 e. The number of hydrogen-bond donors (Lipinski definition) is 0. The average molecular weight is 238 g/mol. The molecule has 0 aromatic carbocycles. The van der Waals surface area contributed by atoms with Crippen LogP contribution in [0, 0.1) is 0 Å². The summed E-state index contributed by atoms with van der Waals surface area (Å²) >= 11 is 1.55. The van der Waals surface area contributed by atoms with Gasteiger partial charge in [-0.15, -0.1) is 11.3 Å². The normalized spacial score (nSPS) is 22.2. The summed E-state index contributed by atoms with van der Waals surface area (Å²) in [4.78, 5) is 18.7. The highest BCUT2D eigenvalue weighted by Crippen LogP contribution is 2.22. The van der Waals surface area contributed by atoms with Gasteiger partial charge in [0, 0.05) is 25.6 Å². The first kappa shape index (κ1) is 11.7. The zero-order chi connectivity index (χ0) is 11.5. The fourth-order valence-electron chi connectivity index (χ4n) is 2.17. The minimum atomic E-state index is 0.126. The van der Waals surface area contributed by atoms with E-state index in [4.69, 9.17) is 0 Å². The van der Waals surface area contributed by atoms with Crippen LogP contribution in [0.15, 0.2) is 6.20 Å². The highest BCUT2D eigenvalue weighted by molar-refractivity contribution is 7.13. The van der Waals surface area contributed by atoms with Crippen molar-refractivity contribution in [2.24, 2.45) is 0 Å². The second kappa shape index (κ2) is 5.06. The van der Waals surface area contributed by atoms with Gasteiger partial charge in [-0.2, -0.15) is 0 Å². The molecule has 1 aliphatic heterocycles. The first-order chi connectivity index (χ1) is 7.66. The van der Waals surface area contributed by atoms with E-state index < -0.39 is 0 Å². The van der Waals surface area contributed by atoms with Gasteiger partial charge in [0.25, 0.3) is 0 Å². The fraction of sp³-hybridized carbons (Fsp3) is 0.667. The maximum Gasteiger partial charge on any atom is 0.171 e. The van der Waals surface area contributed by atoms with Gasteiger partial charge in [0.15, 0.2) is 5.78 Å². The lowest BCUT2D eigenvalue weighted by Crippen LogP contribution is -2.37. The van der Waals surface area contributed by atoms with Crippen molar-refractivity contribution in [3.8, 4) is 0 Å². The van der Waals surface area contributed by atoms with Gasteiger partial charge in [0.1, 0.15) is 0 Å². The molecule has 1 aromatic heterocycles. The number of ketones is 1. The van der Waals surface area contributed by atoms with E-state index >= 15 is 0 Å². The molecule has 4 heteroatoms. The Kier molecular flexibility index (Phi) is 3.71. The van der Waals surface area contributed by atoms with Crippen molar-refractivity contribution < 1.29 is 4.79 Å².